The summed E-state index contributed by atoms with van der Waals surface area (Å²) in [5, 5.41) is 0. The number of piperidine rings is 2. The second-order valence-electron chi connectivity index (χ2n) is 7.16. The van der Waals surface area contributed by atoms with Crippen molar-refractivity contribution < 1.29 is 9.18 Å². The molecular weight excluding hydrogens is 291 g/mol. The maximum atomic E-state index is 12.5. The van der Waals surface area contributed by atoms with Crippen LogP contribution in [-0.4, -0.2) is 48.6 Å². The monoisotopic (exact) mass is 318 g/mol. The van der Waals surface area contributed by atoms with Crippen LogP contribution in [0.3, 0.4) is 0 Å². The summed E-state index contributed by atoms with van der Waals surface area (Å²) in [5.74, 6) is 0.278. The lowest BCUT2D eigenvalue weighted by Gasteiger charge is -2.48. The Hall–Kier alpha value is -1.42. The van der Waals surface area contributed by atoms with Crippen LogP contribution < -0.4 is 0 Å². The fourth-order valence-electron chi connectivity index (χ4n) is 4.17. The molecule has 1 aromatic carbocycles. The quantitative estimate of drug-likeness (QED) is 0.832. The lowest BCUT2D eigenvalue weighted by molar-refractivity contribution is -0.140. The molecule has 2 aliphatic rings. The van der Waals surface area contributed by atoms with Gasteiger partial charge in [-0.05, 0) is 37.8 Å². The molecule has 0 aliphatic carbocycles. The molecule has 1 aromatic rings. The van der Waals surface area contributed by atoms with E-state index >= 15 is 0 Å². The van der Waals surface area contributed by atoms with Gasteiger partial charge >= 0.3 is 0 Å². The molecule has 2 heterocycles. The number of rotatable bonds is 5. The number of hydrogen-bond acceptors (Lipinski definition) is 2. The van der Waals surface area contributed by atoms with Crippen molar-refractivity contribution in [2.75, 3.05) is 32.9 Å². The smallest absolute Gasteiger partial charge is 0.222 e. The predicted octanol–water partition coefficient (Wildman–Crippen LogP) is 3.25. The zero-order chi connectivity index (χ0) is 16.1. The third-order valence-electron chi connectivity index (χ3n) is 5.31. The first-order valence-electron chi connectivity index (χ1n) is 8.81. The van der Waals surface area contributed by atoms with Gasteiger partial charge in [-0.3, -0.25) is 9.18 Å². The zero-order valence-electron chi connectivity index (χ0n) is 13.8. The highest BCUT2D eigenvalue weighted by atomic mass is 19.1. The molecule has 1 unspecified atom stereocenters. The maximum absolute atomic E-state index is 12.5. The molecule has 0 radical (unpaired) electrons. The molecule has 3 nitrogen and oxygen atoms in total. The Bertz CT molecular complexity index is 521. The van der Waals surface area contributed by atoms with Gasteiger partial charge in [0, 0.05) is 38.0 Å². The highest BCUT2D eigenvalue weighted by Gasteiger charge is 2.41. The summed E-state index contributed by atoms with van der Waals surface area (Å²) in [4.78, 5) is 16.8. The first-order valence-corrected chi connectivity index (χ1v) is 8.81. The molecule has 1 amide bonds. The summed E-state index contributed by atoms with van der Waals surface area (Å²) in [6, 6.07) is 10.2. The molecule has 1 atom stereocenters. The summed E-state index contributed by atoms with van der Waals surface area (Å²) < 4.78 is 12.5. The number of carbonyl (C=O) groups is 1. The number of nitrogens with zero attached hydrogens (tertiary/aromatic N) is 2. The number of amides is 1. The molecule has 3 rings (SSSR count). The number of halogens is 1. The van der Waals surface area contributed by atoms with Crippen LogP contribution in [0.2, 0.25) is 0 Å². The van der Waals surface area contributed by atoms with Gasteiger partial charge in [0.25, 0.3) is 0 Å². The summed E-state index contributed by atoms with van der Waals surface area (Å²) >= 11 is 0. The Kier molecular flexibility index (Phi) is 5.31. The van der Waals surface area contributed by atoms with E-state index in [2.05, 4.69) is 17.0 Å². The van der Waals surface area contributed by atoms with Gasteiger partial charge in [-0.1, -0.05) is 30.3 Å². The third kappa shape index (κ3) is 4.11. The first-order chi connectivity index (χ1) is 11.2. The number of benzene rings is 1. The fourth-order valence-corrected chi connectivity index (χ4v) is 4.17. The van der Waals surface area contributed by atoms with Crippen molar-refractivity contribution in [2.24, 2.45) is 5.41 Å². The molecule has 4 heteroatoms. The van der Waals surface area contributed by atoms with E-state index in [0.29, 0.717) is 19.4 Å². The van der Waals surface area contributed by atoms with Crippen LogP contribution in [0.4, 0.5) is 4.39 Å². The van der Waals surface area contributed by atoms with E-state index in [4.69, 9.17) is 0 Å². The molecule has 23 heavy (non-hydrogen) atoms. The lowest BCUT2D eigenvalue weighted by Crippen LogP contribution is -2.53. The van der Waals surface area contributed by atoms with Crippen molar-refractivity contribution >= 4 is 5.91 Å². The Labute approximate surface area is 138 Å². The van der Waals surface area contributed by atoms with Gasteiger partial charge in [-0.25, -0.2) is 0 Å². The average Bonchev–Trinajstić information content (AvgIpc) is 2.58. The second kappa shape index (κ2) is 7.43. The summed E-state index contributed by atoms with van der Waals surface area (Å²) in [5.41, 5.74) is 1.42. The number of likely N-dealkylation sites (tertiary alicyclic amines) is 2. The molecule has 126 valence electrons. The summed E-state index contributed by atoms with van der Waals surface area (Å²) in [6.07, 6.45) is 4.63. The highest BCUT2D eigenvalue weighted by molar-refractivity contribution is 5.77. The molecule has 2 fully saturated rings. The van der Waals surface area contributed by atoms with E-state index < -0.39 is 0 Å². The normalized spacial score (nSPS) is 26.0. The third-order valence-corrected chi connectivity index (χ3v) is 5.31. The van der Waals surface area contributed by atoms with Crippen LogP contribution in [-0.2, 0) is 11.3 Å². The van der Waals surface area contributed by atoms with Gasteiger partial charge in [-0.2, -0.15) is 0 Å². The van der Waals surface area contributed by atoms with Crippen molar-refractivity contribution in [3.05, 3.63) is 35.9 Å². The van der Waals surface area contributed by atoms with Gasteiger partial charge in [0.1, 0.15) is 0 Å². The van der Waals surface area contributed by atoms with Crippen molar-refractivity contribution in [3.63, 3.8) is 0 Å². The van der Waals surface area contributed by atoms with E-state index in [-0.39, 0.29) is 18.0 Å². The van der Waals surface area contributed by atoms with Crippen molar-refractivity contribution in [2.45, 2.75) is 38.6 Å². The van der Waals surface area contributed by atoms with E-state index in [1.54, 1.807) is 0 Å². The molecule has 2 aliphatic heterocycles. The average molecular weight is 318 g/mol. The lowest BCUT2D eigenvalue weighted by atomic mass is 9.73. The van der Waals surface area contributed by atoms with Gasteiger partial charge in [0.05, 0.1) is 6.67 Å². The molecule has 1 spiro atoms. The number of alkyl halides is 1. The van der Waals surface area contributed by atoms with Crippen LogP contribution in [0.5, 0.6) is 0 Å². The second-order valence-corrected chi connectivity index (χ2v) is 7.16. The largest absolute Gasteiger partial charge is 0.338 e. The predicted molar refractivity (Wildman–Crippen MR) is 89.8 cm³/mol. The van der Waals surface area contributed by atoms with Crippen molar-refractivity contribution in [1.29, 1.82) is 0 Å². The zero-order valence-corrected chi connectivity index (χ0v) is 13.8. The molecular formula is C19H27FN2O. The standard InChI is InChI=1S/C19H27FN2O/c20-11-5-13-21-12-4-9-19(15-21)10-8-18(23)22(16-19)14-17-6-2-1-3-7-17/h1-3,6-7H,4-5,8-16H2. The topological polar surface area (TPSA) is 23.6 Å². The van der Waals surface area contributed by atoms with Crippen molar-refractivity contribution in [1.82, 2.24) is 9.80 Å². The molecule has 0 saturated carbocycles. The number of hydrogen-bond donors (Lipinski definition) is 0. The van der Waals surface area contributed by atoms with Crippen LogP contribution in [0.25, 0.3) is 0 Å². The Morgan fingerprint density at radius 3 is 2.74 bits per heavy atom. The van der Waals surface area contributed by atoms with Crippen LogP contribution in [0, 0.1) is 5.41 Å². The minimum absolute atomic E-state index is 0.219. The van der Waals surface area contributed by atoms with Gasteiger partial charge in [0.15, 0.2) is 0 Å². The van der Waals surface area contributed by atoms with Crippen LogP contribution in [0.15, 0.2) is 30.3 Å². The summed E-state index contributed by atoms with van der Waals surface area (Å²) in [6.45, 7) is 4.28. The van der Waals surface area contributed by atoms with Crippen LogP contribution in [0.1, 0.15) is 37.7 Å². The minimum atomic E-state index is -0.234. The Morgan fingerprint density at radius 1 is 1.13 bits per heavy atom. The first kappa shape index (κ1) is 16.4. The van der Waals surface area contributed by atoms with Gasteiger partial charge < -0.3 is 9.80 Å². The highest BCUT2D eigenvalue weighted by Crippen LogP contribution is 2.39. The molecule has 0 aromatic heterocycles. The van der Waals surface area contributed by atoms with Crippen LogP contribution >= 0.6 is 0 Å². The SMILES string of the molecule is O=C1CCC2(CCCN(CCCF)C2)CN1Cc1ccccc1. The molecule has 0 N–H and O–H groups in total. The fraction of sp³-hybridized carbons (Fsp3) is 0.632. The molecule has 2 saturated heterocycles. The maximum Gasteiger partial charge on any atom is 0.222 e. The van der Waals surface area contributed by atoms with E-state index in [9.17, 15) is 9.18 Å². The number of carbonyl (C=O) groups excluding carboxylic acids is 1. The van der Waals surface area contributed by atoms with Crippen molar-refractivity contribution in [3.8, 4) is 0 Å². The van der Waals surface area contributed by atoms with Gasteiger partial charge in [0.2, 0.25) is 5.91 Å². The summed E-state index contributed by atoms with van der Waals surface area (Å²) in [7, 11) is 0. The molecule has 0 bridgehead atoms. The van der Waals surface area contributed by atoms with E-state index in [1.165, 1.54) is 18.4 Å². The Morgan fingerprint density at radius 2 is 1.96 bits per heavy atom. The van der Waals surface area contributed by atoms with E-state index in [1.807, 2.05) is 23.1 Å². The van der Waals surface area contributed by atoms with Gasteiger partial charge in [-0.15, -0.1) is 0 Å². The minimum Gasteiger partial charge on any atom is -0.338 e. The van der Waals surface area contributed by atoms with E-state index in [0.717, 1.165) is 32.6 Å². The Balaban J connectivity index is 1.65.